The van der Waals surface area contributed by atoms with Crippen LogP contribution < -0.4 is 4.74 Å². The van der Waals surface area contributed by atoms with Gasteiger partial charge in [0.25, 0.3) is 0 Å². The number of hydrogen-bond donors (Lipinski definition) is 0. The maximum absolute atomic E-state index is 6.24. The highest BCUT2D eigenvalue weighted by Gasteiger charge is 2.04. The normalized spacial score (nSPS) is 10.6. The highest BCUT2D eigenvalue weighted by molar-refractivity contribution is 6.35. The zero-order valence-electron chi connectivity index (χ0n) is 10.4. The molecule has 0 unspecified atom stereocenters. The van der Waals surface area contributed by atoms with Gasteiger partial charge in [-0.3, -0.25) is 4.98 Å². The summed E-state index contributed by atoms with van der Waals surface area (Å²) in [5.41, 5.74) is 1.79. The van der Waals surface area contributed by atoms with Crippen LogP contribution in [0.5, 0.6) is 11.5 Å². The molecular weight excluding hydrogens is 258 g/mol. The standard InChI is InChI=1S/C16H12ClNO/c1-11-9-15(17)14-10-13(7-8-16(14)18-11)19-12-5-3-2-4-6-12/h2-10H,1H3. The predicted molar refractivity (Wildman–Crippen MR) is 78.0 cm³/mol. The number of aromatic nitrogens is 1. The van der Waals surface area contributed by atoms with Gasteiger partial charge in [0, 0.05) is 11.1 Å². The van der Waals surface area contributed by atoms with Crippen LogP contribution in [0.25, 0.3) is 10.9 Å². The summed E-state index contributed by atoms with van der Waals surface area (Å²) in [6.07, 6.45) is 0. The van der Waals surface area contributed by atoms with Crippen molar-refractivity contribution in [2.45, 2.75) is 6.92 Å². The molecule has 0 aliphatic carbocycles. The van der Waals surface area contributed by atoms with Gasteiger partial charge in [0.2, 0.25) is 0 Å². The zero-order valence-corrected chi connectivity index (χ0v) is 11.2. The van der Waals surface area contributed by atoms with Crippen LogP contribution in [0.15, 0.2) is 54.6 Å². The zero-order chi connectivity index (χ0) is 13.2. The molecule has 0 radical (unpaired) electrons. The fourth-order valence-electron chi connectivity index (χ4n) is 1.98. The van der Waals surface area contributed by atoms with E-state index in [4.69, 9.17) is 16.3 Å². The fraction of sp³-hybridized carbons (Fsp3) is 0.0625. The molecule has 0 bridgehead atoms. The molecule has 1 heterocycles. The largest absolute Gasteiger partial charge is 0.457 e. The average molecular weight is 270 g/mol. The Morgan fingerprint density at radius 3 is 2.53 bits per heavy atom. The van der Waals surface area contributed by atoms with Gasteiger partial charge in [0.1, 0.15) is 11.5 Å². The summed E-state index contributed by atoms with van der Waals surface area (Å²) in [7, 11) is 0. The molecule has 0 saturated carbocycles. The van der Waals surface area contributed by atoms with Gasteiger partial charge < -0.3 is 4.74 Å². The monoisotopic (exact) mass is 269 g/mol. The second kappa shape index (κ2) is 4.90. The minimum Gasteiger partial charge on any atom is -0.457 e. The number of pyridine rings is 1. The highest BCUT2D eigenvalue weighted by Crippen LogP contribution is 2.29. The number of rotatable bonds is 2. The van der Waals surface area contributed by atoms with Crippen LogP contribution in [0.4, 0.5) is 0 Å². The number of benzene rings is 2. The Labute approximate surface area is 116 Å². The van der Waals surface area contributed by atoms with E-state index in [0.717, 1.165) is 28.1 Å². The Morgan fingerprint density at radius 1 is 0.947 bits per heavy atom. The van der Waals surface area contributed by atoms with Crippen molar-refractivity contribution in [3.63, 3.8) is 0 Å². The molecule has 94 valence electrons. The number of aryl methyl sites for hydroxylation is 1. The van der Waals surface area contributed by atoms with Gasteiger partial charge >= 0.3 is 0 Å². The van der Waals surface area contributed by atoms with Gasteiger partial charge in [-0.1, -0.05) is 29.8 Å². The molecular formula is C16H12ClNO. The first-order valence-electron chi connectivity index (χ1n) is 6.02. The lowest BCUT2D eigenvalue weighted by Gasteiger charge is -2.07. The maximum Gasteiger partial charge on any atom is 0.128 e. The quantitative estimate of drug-likeness (QED) is 0.654. The smallest absolute Gasteiger partial charge is 0.128 e. The maximum atomic E-state index is 6.24. The third kappa shape index (κ3) is 2.54. The molecule has 0 spiro atoms. The van der Waals surface area contributed by atoms with Gasteiger partial charge in [-0.05, 0) is 43.3 Å². The molecule has 1 aromatic heterocycles. The molecule has 2 nitrogen and oxygen atoms in total. The number of para-hydroxylation sites is 1. The summed E-state index contributed by atoms with van der Waals surface area (Å²) in [6, 6.07) is 17.3. The number of nitrogens with zero attached hydrogens (tertiary/aromatic N) is 1. The summed E-state index contributed by atoms with van der Waals surface area (Å²) in [4.78, 5) is 4.44. The second-order valence-electron chi connectivity index (χ2n) is 4.34. The predicted octanol–water partition coefficient (Wildman–Crippen LogP) is 4.99. The topological polar surface area (TPSA) is 22.1 Å². The molecule has 3 heteroatoms. The molecule has 19 heavy (non-hydrogen) atoms. The van der Waals surface area contributed by atoms with Crippen molar-refractivity contribution < 1.29 is 4.74 Å². The Bertz CT molecular complexity index is 725. The van der Waals surface area contributed by atoms with E-state index in [1.165, 1.54) is 0 Å². The second-order valence-corrected chi connectivity index (χ2v) is 4.75. The van der Waals surface area contributed by atoms with Crippen molar-refractivity contribution in [3.8, 4) is 11.5 Å². The molecule has 0 amide bonds. The van der Waals surface area contributed by atoms with E-state index in [0.29, 0.717) is 5.02 Å². The lowest BCUT2D eigenvalue weighted by Crippen LogP contribution is -1.87. The summed E-state index contributed by atoms with van der Waals surface area (Å²) >= 11 is 6.24. The van der Waals surface area contributed by atoms with Crippen molar-refractivity contribution >= 4 is 22.5 Å². The number of ether oxygens (including phenoxy) is 1. The van der Waals surface area contributed by atoms with Gasteiger partial charge in [-0.15, -0.1) is 0 Å². The van der Waals surface area contributed by atoms with Crippen LogP contribution in [0.2, 0.25) is 5.02 Å². The minimum absolute atomic E-state index is 0.695. The van der Waals surface area contributed by atoms with Gasteiger partial charge in [0.05, 0.1) is 10.5 Å². The minimum atomic E-state index is 0.695. The van der Waals surface area contributed by atoms with E-state index < -0.39 is 0 Å². The molecule has 0 atom stereocenters. The van der Waals surface area contributed by atoms with Crippen molar-refractivity contribution in [1.82, 2.24) is 4.98 Å². The Kier molecular flexibility index (Phi) is 3.10. The van der Waals surface area contributed by atoms with E-state index >= 15 is 0 Å². The van der Waals surface area contributed by atoms with Crippen molar-refractivity contribution in [3.05, 3.63) is 65.3 Å². The van der Waals surface area contributed by atoms with E-state index in [-0.39, 0.29) is 0 Å². The SMILES string of the molecule is Cc1cc(Cl)c2cc(Oc3ccccc3)ccc2n1. The molecule has 0 aliphatic heterocycles. The lowest BCUT2D eigenvalue weighted by atomic mass is 10.2. The van der Waals surface area contributed by atoms with Crippen LogP contribution in [0, 0.1) is 6.92 Å². The Balaban J connectivity index is 2.02. The van der Waals surface area contributed by atoms with E-state index in [9.17, 15) is 0 Å². The number of fused-ring (bicyclic) bond motifs is 1. The van der Waals surface area contributed by atoms with Crippen LogP contribution in [0.3, 0.4) is 0 Å². The van der Waals surface area contributed by atoms with E-state index in [1.807, 2.05) is 61.5 Å². The first-order chi connectivity index (χ1) is 9.22. The van der Waals surface area contributed by atoms with Crippen LogP contribution in [-0.2, 0) is 0 Å². The summed E-state index contributed by atoms with van der Waals surface area (Å²) in [5.74, 6) is 1.56. The first-order valence-corrected chi connectivity index (χ1v) is 6.40. The first kappa shape index (κ1) is 12.0. The summed E-state index contributed by atoms with van der Waals surface area (Å²) < 4.78 is 5.79. The van der Waals surface area contributed by atoms with Crippen LogP contribution >= 0.6 is 11.6 Å². The molecule has 0 N–H and O–H groups in total. The summed E-state index contributed by atoms with van der Waals surface area (Å²) in [6.45, 7) is 1.93. The van der Waals surface area contributed by atoms with Gasteiger partial charge in [-0.2, -0.15) is 0 Å². The molecule has 3 aromatic rings. The fourth-order valence-corrected chi connectivity index (χ4v) is 2.28. The number of hydrogen-bond acceptors (Lipinski definition) is 2. The molecule has 0 aliphatic rings. The third-order valence-corrected chi connectivity index (χ3v) is 3.15. The third-order valence-electron chi connectivity index (χ3n) is 2.84. The van der Waals surface area contributed by atoms with E-state index in [1.54, 1.807) is 0 Å². The molecule has 0 fully saturated rings. The Morgan fingerprint density at radius 2 is 1.74 bits per heavy atom. The average Bonchev–Trinajstić information content (AvgIpc) is 2.40. The summed E-state index contributed by atoms with van der Waals surface area (Å²) in [5, 5.41) is 1.60. The van der Waals surface area contributed by atoms with Gasteiger partial charge in [0.15, 0.2) is 0 Å². The van der Waals surface area contributed by atoms with Crippen molar-refractivity contribution in [2.75, 3.05) is 0 Å². The van der Waals surface area contributed by atoms with Gasteiger partial charge in [-0.25, -0.2) is 0 Å². The lowest BCUT2D eigenvalue weighted by molar-refractivity contribution is 0.483. The van der Waals surface area contributed by atoms with Crippen molar-refractivity contribution in [2.24, 2.45) is 0 Å². The molecule has 0 saturated heterocycles. The Hall–Kier alpha value is -2.06. The van der Waals surface area contributed by atoms with Crippen LogP contribution in [0.1, 0.15) is 5.69 Å². The van der Waals surface area contributed by atoms with E-state index in [2.05, 4.69) is 4.98 Å². The number of halogens is 1. The molecule has 2 aromatic carbocycles. The highest BCUT2D eigenvalue weighted by atomic mass is 35.5. The molecule has 3 rings (SSSR count). The van der Waals surface area contributed by atoms with Crippen LogP contribution in [-0.4, -0.2) is 4.98 Å². The van der Waals surface area contributed by atoms with Crippen molar-refractivity contribution in [1.29, 1.82) is 0 Å².